The van der Waals surface area contributed by atoms with Crippen molar-refractivity contribution in [3.63, 3.8) is 0 Å². The van der Waals surface area contributed by atoms with Gasteiger partial charge < -0.3 is 10.6 Å². The van der Waals surface area contributed by atoms with Gasteiger partial charge in [0.1, 0.15) is 28.8 Å². The lowest BCUT2D eigenvalue weighted by Crippen LogP contribution is -2.14. The molecular weight excluding hydrogens is 597 g/mol. The average molecular weight is 616 g/mol. The average Bonchev–Trinajstić information content (AvgIpc) is 3.41. The van der Waals surface area contributed by atoms with Gasteiger partial charge in [-0.2, -0.15) is 5.26 Å². The zero-order chi connectivity index (χ0) is 28.6. The first-order valence-electron chi connectivity index (χ1n) is 11.9. The van der Waals surface area contributed by atoms with Crippen LogP contribution >= 0.6 is 46.4 Å². The number of aromatic nitrogens is 5. The molecule has 40 heavy (non-hydrogen) atoms. The fraction of sp³-hybridized carbons (Fsp3) is 0.148. The van der Waals surface area contributed by atoms with Crippen LogP contribution in [0.1, 0.15) is 42.8 Å². The number of benzene rings is 2. The van der Waals surface area contributed by atoms with Crippen LogP contribution in [0.15, 0.2) is 55.0 Å². The maximum absolute atomic E-state index is 13.8. The molecule has 2 N–H and O–H groups in total. The number of anilines is 3. The van der Waals surface area contributed by atoms with Gasteiger partial charge in [0.15, 0.2) is 0 Å². The normalized spacial score (nSPS) is 12.0. The molecule has 2 aromatic carbocycles. The summed E-state index contributed by atoms with van der Waals surface area (Å²) in [5.41, 5.74) is 3.38. The van der Waals surface area contributed by atoms with Gasteiger partial charge in [-0.25, -0.2) is 14.1 Å². The van der Waals surface area contributed by atoms with E-state index in [-0.39, 0.29) is 21.8 Å². The number of pyridine rings is 2. The highest BCUT2D eigenvalue weighted by molar-refractivity contribution is 6.36. The molecule has 0 fully saturated rings. The van der Waals surface area contributed by atoms with Crippen molar-refractivity contribution >= 4 is 74.4 Å². The molecule has 5 aromatic rings. The van der Waals surface area contributed by atoms with Crippen LogP contribution in [-0.2, 0) is 0 Å². The number of nitriles is 1. The third-order valence-corrected chi connectivity index (χ3v) is 7.17. The van der Waals surface area contributed by atoms with Gasteiger partial charge in [-0.3, -0.25) is 4.98 Å². The van der Waals surface area contributed by atoms with Crippen molar-refractivity contribution in [1.29, 1.82) is 5.26 Å². The van der Waals surface area contributed by atoms with E-state index in [0.717, 1.165) is 0 Å². The van der Waals surface area contributed by atoms with Crippen LogP contribution in [0.3, 0.4) is 0 Å². The van der Waals surface area contributed by atoms with Gasteiger partial charge in [0.2, 0.25) is 0 Å². The Hall–Kier alpha value is -3.68. The summed E-state index contributed by atoms with van der Waals surface area (Å²) in [5, 5.41) is 26.4. The summed E-state index contributed by atoms with van der Waals surface area (Å²) in [7, 11) is 0. The molecule has 0 spiro atoms. The van der Waals surface area contributed by atoms with Crippen LogP contribution in [0.25, 0.3) is 10.9 Å². The van der Waals surface area contributed by atoms with Crippen LogP contribution in [0.4, 0.5) is 21.5 Å². The molecule has 0 radical (unpaired) electrons. The maximum atomic E-state index is 13.8. The highest BCUT2D eigenvalue weighted by Gasteiger charge is 2.23. The van der Waals surface area contributed by atoms with E-state index in [1.54, 1.807) is 29.1 Å². The highest BCUT2D eigenvalue weighted by Crippen LogP contribution is 2.38. The molecular formula is C27H19Cl4FN8. The first-order chi connectivity index (χ1) is 19.1. The van der Waals surface area contributed by atoms with Gasteiger partial charge in [-0.1, -0.05) is 51.6 Å². The smallest absolute Gasteiger partial charge is 0.141 e. The van der Waals surface area contributed by atoms with Crippen molar-refractivity contribution in [3.8, 4) is 6.07 Å². The van der Waals surface area contributed by atoms with E-state index in [1.807, 2.05) is 20.0 Å². The number of nitrogens with one attached hydrogen (secondary N) is 2. The summed E-state index contributed by atoms with van der Waals surface area (Å²) in [6, 6.07) is 10.9. The number of halogens is 5. The summed E-state index contributed by atoms with van der Waals surface area (Å²) >= 11 is 25.3. The molecule has 1 atom stereocenters. The van der Waals surface area contributed by atoms with Crippen LogP contribution in [0, 0.1) is 17.1 Å². The molecule has 202 valence electrons. The van der Waals surface area contributed by atoms with E-state index in [4.69, 9.17) is 46.4 Å². The van der Waals surface area contributed by atoms with Gasteiger partial charge in [-0.05, 0) is 50.2 Å². The Balaban J connectivity index is 1.63. The Labute approximate surface area is 248 Å². The van der Waals surface area contributed by atoms with Crippen LogP contribution in [0.2, 0.25) is 20.2 Å². The molecule has 0 aliphatic rings. The maximum Gasteiger partial charge on any atom is 0.141 e. The topological polar surface area (TPSA) is 104 Å². The van der Waals surface area contributed by atoms with Crippen LogP contribution < -0.4 is 10.6 Å². The third-order valence-electron chi connectivity index (χ3n) is 6.06. The molecule has 0 saturated carbocycles. The minimum absolute atomic E-state index is 0.0620. The van der Waals surface area contributed by atoms with Crippen LogP contribution in [0.5, 0.6) is 0 Å². The number of hydrogen-bond acceptors (Lipinski definition) is 7. The van der Waals surface area contributed by atoms with Gasteiger partial charge in [0.25, 0.3) is 0 Å². The third kappa shape index (κ3) is 5.62. The second-order valence-corrected chi connectivity index (χ2v) is 10.7. The zero-order valence-electron chi connectivity index (χ0n) is 20.9. The lowest BCUT2D eigenvalue weighted by molar-refractivity contribution is 0.514. The molecule has 3 heterocycles. The van der Waals surface area contributed by atoms with Crippen molar-refractivity contribution in [2.75, 3.05) is 10.6 Å². The second-order valence-electron chi connectivity index (χ2n) is 9.09. The van der Waals surface area contributed by atoms with Gasteiger partial charge in [0.05, 0.1) is 38.0 Å². The van der Waals surface area contributed by atoms with Gasteiger partial charge in [0, 0.05) is 40.8 Å². The predicted molar refractivity (Wildman–Crippen MR) is 156 cm³/mol. The largest absolute Gasteiger partial charge is 0.373 e. The first-order valence-corrected chi connectivity index (χ1v) is 13.4. The Kier molecular flexibility index (Phi) is 7.97. The second kappa shape index (κ2) is 11.4. The van der Waals surface area contributed by atoms with E-state index < -0.39 is 11.9 Å². The Bertz CT molecular complexity index is 1780. The standard InChI is InChI=1S/C27H19Cl4FN8/c1-13(2)40-12-23(38-39-40)27(18-11-34-24(31)8-19(18)28)37-16-5-17-25(36-15-3-4-22(32)20(29)6-15)14(9-33)10-35-26(17)21(30)7-16/h3-8,10-13,27,37H,1-2H3,(H,35,36)/t27-/m0/s1. The van der Waals surface area contributed by atoms with E-state index in [1.165, 1.54) is 24.4 Å². The molecule has 8 nitrogen and oxygen atoms in total. The molecule has 5 rings (SSSR count). The lowest BCUT2D eigenvalue weighted by Gasteiger charge is -2.21. The summed E-state index contributed by atoms with van der Waals surface area (Å²) in [4.78, 5) is 8.59. The molecule has 0 aliphatic carbocycles. The quantitative estimate of drug-likeness (QED) is 0.177. The molecule has 13 heteroatoms. The predicted octanol–water partition coefficient (Wildman–Crippen LogP) is 8.37. The van der Waals surface area contributed by atoms with Gasteiger partial charge in [-0.15, -0.1) is 5.10 Å². The van der Waals surface area contributed by atoms with Crippen molar-refractivity contribution < 1.29 is 4.39 Å². The van der Waals surface area contributed by atoms with E-state index in [2.05, 4.69) is 37.0 Å². The Morgan fingerprint density at radius 1 is 0.950 bits per heavy atom. The SMILES string of the molecule is CC(C)n1cc([C@@H](Nc2cc(Cl)c3ncc(C#N)c(Nc4ccc(F)c(Cl)c4)c3c2)c2cnc(Cl)cc2Cl)nn1. The van der Waals surface area contributed by atoms with Crippen molar-refractivity contribution in [1.82, 2.24) is 25.0 Å². The molecule has 0 bridgehead atoms. The lowest BCUT2D eigenvalue weighted by atomic mass is 10.0. The first kappa shape index (κ1) is 27.9. The summed E-state index contributed by atoms with van der Waals surface area (Å²) in [5.74, 6) is -0.558. The van der Waals surface area contributed by atoms with E-state index in [0.29, 0.717) is 49.3 Å². The summed E-state index contributed by atoms with van der Waals surface area (Å²) < 4.78 is 15.5. The van der Waals surface area contributed by atoms with E-state index >= 15 is 0 Å². The van der Waals surface area contributed by atoms with E-state index in [9.17, 15) is 9.65 Å². The minimum atomic E-state index is -0.585. The van der Waals surface area contributed by atoms with Crippen molar-refractivity contribution in [3.05, 3.63) is 97.8 Å². The fourth-order valence-electron chi connectivity index (χ4n) is 4.06. The number of rotatable bonds is 7. The molecule has 0 aliphatic heterocycles. The van der Waals surface area contributed by atoms with Crippen LogP contribution in [-0.4, -0.2) is 25.0 Å². The van der Waals surface area contributed by atoms with Crippen molar-refractivity contribution in [2.24, 2.45) is 0 Å². The Morgan fingerprint density at radius 3 is 2.40 bits per heavy atom. The molecule has 3 aromatic heterocycles. The highest BCUT2D eigenvalue weighted by atomic mass is 35.5. The minimum Gasteiger partial charge on any atom is -0.373 e. The summed E-state index contributed by atoms with van der Waals surface area (Å²) in [6.45, 7) is 3.98. The zero-order valence-corrected chi connectivity index (χ0v) is 23.9. The Morgan fingerprint density at radius 2 is 1.73 bits per heavy atom. The monoisotopic (exact) mass is 614 g/mol. The molecule has 0 unspecified atom stereocenters. The number of fused-ring (bicyclic) bond motifs is 1. The number of nitrogens with zero attached hydrogens (tertiary/aromatic N) is 6. The number of hydrogen-bond donors (Lipinski definition) is 2. The molecule has 0 amide bonds. The molecule has 0 saturated heterocycles. The van der Waals surface area contributed by atoms with Crippen molar-refractivity contribution in [2.45, 2.75) is 25.9 Å². The fourth-order valence-corrected chi connectivity index (χ4v) is 4.99. The van der Waals surface area contributed by atoms with Gasteiger partial charge >= 0.3 is 0 Å². The summed E-state index contributed by atoms with van der Waals surface area (Å²) in [6.07, 6.45) is 4.80.